The number of nitrogens with one attached hydrogen (secondary N) is 1. The summed E-state index contributed by atoms with van der Waals surface area (Å²) in [6.45, 7) is 9.49. The van der Waals surface area contributed by atoms with Crippen LogP contribution in [0.5, 0.6) is 11.5 Å². The van der Waals surface area contributed by atoms with Crippen LogP contribution in [0.2, 0.25) is 0 Å². The van der Waals surface area contributed by atoms with Crippen molar-refractivity contribution in [3.8, 4) is 11.5 Å². The standard InChI is InChI=1S/C28H35NO7/c1-6-7-10-17-33-22-15-13-21(14-16-22)27(31)29-23-11-8-9-12-24(23)36-25(28(32)35-20(4)5)18-26(30)34-19(2)3/h8-9,11-16,18-20H,6-7,10,17H2,1-5H3,(H,29,31)/b25-18-. The third-order valence-electron chi connectivity index (χ3n) is 4.63. The number of carbonyl (C=O) groups excluding carboxylic acids is 3. The summed E-state index contributed by atoms with van der Waals surface area (Å²) in [5.74, 6) is -1.47. The van der Waals surface area contributed by atoms with Gasteiger partial charge in [-0.3, -0.25) is 4.79 Å². The molecule has 0 atom stereocenters. The van der Waals surface area contributed by atoms with Crippen LogP contribution < -0.4 is 14.8 Å². The van der Waals surface area contributed by atoms with E-state index in [-0.39, 0.29) is 23.5 Å². The Bertz CT molecular complexity index is 1040. The summed E-state index contributed by atoms with van der Waals surface area (Å²) >= 11 is 0. The maximum atomic E-state index is 12.9. The molecule has 36 heavy (non-hydrogen) atoms. The molecule has 0 radical (unpaired) electrons. The summed E-state index contributed by atoms with van der Waals surface area (Å²) in [6, 6.07) is 13.4. The molecule has 0 bridgehead atoms. The first-order valence-electron chi connectivity index (χ1n) is 12.1. The zero-order valence-electron chi connectivity index (χ0n) is 21.5. The van der Waals surface area contributed by atoms with Crippen LogP contribution in [0.25, 0.3) is 0 Å². The lowest BCUT2D eigenvalue weighted by Gasteiger charge is -2.15. The van der Waals surface area contributed by atoms with Crippen LogP contribution in [0.4, 0.5) is 5.69 Å². The summed E-state index contributed by atoms with van der Waals surface area (Å²) in [5, 5.41) is 2.78. The number of rotatable bonds is 13. The number of hydrogen-bond donors (Lipinski definition) is 1. The molecule has 0 aliphatic carbocycles. The van der Waals surface area contributed by atoms with Crippen molar-refractivity contribution in [3.63, 3.8) is 0 Å². The molecule has 194 valence electrons. The van der Waals surface area contributed by atoms with Crippen molar-refractivity contribution in [2.75, 3.05) is 11.9 Å². The molecular weight excluding hydrogens is 462 g/mol. The van der Waals surface area contributed by atoms with E-state index in [0.29, 0.717) is 23.6 Å². The highest BCUT2D eigenvalue weighted by Gasteiger charge is 2.20. The van der Waals surface area contributed by atoms with E-state index in [2.05, 4.69) is 12.2 Å². The smallest absolute Gasteiger partial charge is 0.374 e. The van der Waals surface area contributed by atoms with Gasteiger partial charge < -0.3 is 24.3 Å². The normalized spacial score (nSPS) is 11.2. The average Bonchev–Trinajstić information content (AvgIpc) is 2.82. The number of esters is 2. The lowest BCUT2D eigenvalue weighted by Crippen LogP contribution is -2.20. The molecule has 0 aliphatic rings. The SMILES string of the molecule is CCCCCOc1ccc(C(=O)Nc2ccccc2O/C(=C\C(=O)OC(C)C)C(=O)OC(C)C)cc1. The van der Waals surface area contributed by atoms with E-state index in [9.17, 15) is 14.4 Å². The van der Waals surface area contributed by atoms with E-state index >= 15 is 0 Å². The molecule has 1 amide bonds. The van der Waals surface area contributed by atoms with Crippen LogP contribution in [0, 0.1) is 0 Å². The van der Waals surface area contributed by atoms with Gasteiger partial charge in [0, 0.05) is 5.56 Å². The van der Waals surface area contributed by atoms with E-state index in [1.807, 2.05) is 0 Å². The molecule has 8 nitrogen and oxygen atoms in total. The van der Waals surface area contributed by atoms with Crippen molar-refractivity contribution in [2.24, 2.45) is 0 Å². The van der Waals surface area contributed by atoms with Gasteiger partial charge in [-0.05, 0) is 70.5 Å². The summed E-state index contributed by atoms with van der Waals surface area (Å²) in [4.78, 5) is 37.6. The number of ether oxygens (including phenoxy) is 4. The predicted octanol–water partition coefficient (Wildman–Crippen LogP) is 5.67. The van der Waals surface area contributed by atoms with Gasteiger partial charge in [0.25, 0.3) is 5.91 Å². The number of para-hydroxylation sites is 2. The second-order valence-corrected chi connectivity index (χ2v) is 8.58. The van der Waals surface area contributed by atoms with Crippen LogP contribution in [0.3, 0.4) is 0 Å². The van der Waals surface area contributed by atoms with Crippen molar-refractivity contribution in [1.29, 1.82) is 0 Å². The van der Waals surface area contributed by atoms with Gasteiger partial charge in [0.2, 0.25) is 5.76 Å². The minimum atomic E-state index is -0.832. The summed E-state index contributed by atoms with van der Waals surface area (Å²) < 4.78 is 21.7. The third kappa shape index (κ3) is 9.82. The van der Waals surface area contributed by atoms with Gasteiger partial charge in [-0.2, -0.15) is 0 Å². The Morgan fingerprint density at radius 2 is 1.56 bits per heavy atom. The maximum absolute atomic E-state index is 12.9. The number of amides is 1. The molecule has 0 unspecified atom stereocenters. The van der Waals surface area contributed by atoms with Crippen LogP contribution in [-0.4, -0.2) is 36.7 Å². The van der Waals surface area contributed by atoms with Crippen LogP contribution in [-0.2, 0) is 19.1 Å². The summed E-state index contributed by atoms with van der Waals surface area (Å²) in [5.41, 5.74) is 0.726. The first kappa shape index (κ1) is 28.4. The Labute approximate surface area is 212 Å². The Balaban J connectivity index is 2.17. The van der Waals surface area contributed by atoms with Crippen LogP contribution >= 0.6 is 0 Å². The van der Waals surface area contributed by atoms with Crippen LogP contribution in [0.15, 0.2) is 60.4 Å². The van der Waals surface area contributed by atoms with Gasteiger partial charge in [-0.1, -0.05) is 31.9 Å². The molecule has 0 heterocycles. The highest BCUT2D eigenvalue weighted by atomic mass is 16.6. The zero-order valence-corrected chi connectivity index (χ0v) is 21.5. The van der Waals surface area contributed by atoms with E-state index in [1.54, 1.807) is 76.2 Å². The molecule has 0 saturated heterocycles. The van der Waals surface area contributed by atoms with Gasteiger partial charge in [-0.15, -0.1) is 0 Å². The number of unbranched alkanes of at least 4 members (excludes halogenated alkanes) is 2. The second-order valence-electron chi connectivity index (χ2n) is 8.58. The monoisotopic (exact) mass is 497 g/mol. The lowest BCUT2D eigenvalue weighted by atomic mass is 10.2. The second kappa shape index (κ2) is 14.6. The highest BCUT2D eigenvalue weighted by molar-refractivity contribution is 6.05. The lowest BCUT2D eigenvalue weighted by molar-refractivity contribution is -0.147. The fourth-order valence-corrected chi connectivity index (χ4v) is 2.99. The third-order valence-corrected chi connectivity index (χ3v) is 4.63. The summed E-state index contributed by atoms with van der Waals surface area (Å²) in [6.07, 6.45) is 3.32. The molecule has 0 aliphatic heterocycles. The largest absolute Gasteiger partial charge is 0.494 e. The number of carbonyl (C=O) groups is 3. The Hall–Kier alpha value is -3.81. The van der Waals surface area contributed by atoms with Crippen LogP contribution in [0.1, 0.15) is 64.2 Å². The Morgan fingerprint density at radius 3 is 2.19 bits per heavy atom. The van der Waals surface area contributed by atoms with Crippen molar-refractivity contribution >= 4 is 23.5 Å². The first-order chi connectivity index (χ1) is 17.2. The van der Waals surface area contributed by atoms with Gasteiger partial charge in [0.15, 0.2) is 5.75 Å². The van der Waals surface area contributed by atoms with E-state index in [1.165, 1.54) is 0 Å². The Kier molecular flexibility index (Phi) is 11.5. The average molecular weight is 498 g/mol. The van der Waals surface area contributed by atoms with Crippen molar-refractivity contribution in [3.05, 3.63) is 65.9 Å². The molecule has 0 fully saturated rings. The minimum absolute atomic E-state index is 0.158. The highest BCUT2D eigenvalue weighted by Crippen LogP contribution is 2.27. The minimum Gasteiger partial charge on any atom is -0.494 e. The summed E-state index contributed by atoms with van der Waals surface area (Å²) in [7, 11) is 0. The molecule has 0 spiro atoms. The van der Waals surface area contributed by atoms with Crippen molar-refractivity contribution in [2.45, 2.75) is 66.1 Å². The molecule has 2 aromatic carbocycles. The fraction of sp³-hybridized carbons (Fsp3) is 0.393. The molecule has 2 rings (SSSR count). The molecule has 8 heteroatoms. The van der Waals surface area contributed by atoms with E-state index in [0.717, 1.165) is 25.3 Å². The van der Waals surface area contributed by atoms with Crippen molar-refractivity contribution < 1.29 is 33.3 Å². The number of benzene rings is 2. The van der Waals surface area contributed by atoms with Gasteiger partial charge in [0.1, 0.15) is 5.75 Å². The Morgan fingerprint density at radius 1 is 0.889 bits per heavy atom. The van der Waals surface area contributed by atoms with E-state index in [4.69, 9.17) is 18.9 Å². The molecule has 0 aromatic heterocycles. The molecular formula is C28H35NO7. The number of hydrogen-bond acceptors (Lipinski definition) is 7. The zero-order chi connectivity index (χ0) is 26.5. The number of anilines is 1. The topological polar surface area (TPSA) is 100 Å². The fourth-order valence-electron chi connectivity index (χ4n) is 2.99. The van der Waals surface area contributed by atoms with Gasteiger partial charge in [-0.25, -0.2) is 9.59 Å². The first-order valence-corrected chi connectivity index (χ1v) is 12.1. The van der Waals surface area contributed by atoms with Crippen molar-refractivity contribution in [1.82, 2.24) is 0 Å². The van der Waals surface area contributed by atoms with Gasteiger partial charge in [0.05, 0.1) is 30.6 Å². The molecule has 1 N–H and O–H groups in total. The molecule has 0 saturated carbocycles. The quantitative estimate of drug-likeness (QED) is 0.165. The van der Waals surface area contributed by atoms with Gasteiger partial charge >= 0.3 is 11.9 Å². The van der Waals surface area contributed by atoms with E-state index < -0.39 is 18.0 Å². The predicted molar refractivity (Wildman–Crippen MR) is 137 cm³/mol. The maximum Gasteiger partial charge on any atom is 0.374 e. The molecule has 2 aromatic rings.